The minimum absolute atomic E-state index is 0.0701. The second-order valence-electron chi connectivity index (χ2n) is 3.92. The molecule has 19 heavy (non-hydrogen) atoms. The normalized spacial score (nSPS) is 11.8. The number of fused-ring (bicyclic) bond motifs is 1. The number of carbonyl (C=O) groups is 1. The van der Waals surface area contributed by atoms with Gasteiger partial charge >= 0.3 is 5.97 Å². The molecule has 0 aliphatic carbocycles. The Morgan fingerprint density at radius 2 is 2.05 bits per heavy atom. The molecule has 1 aromatic heterocycles. The van der Waals surface area contributed by atoms with Gasteiger partial charge in [0.2, 0.25) is 0 Å². The Balaban J connectivity index is 2.75. The smallest absolute Gasteiger partial charge is 0.331 e. The fourth-order valence-corrected chi connectivity index (χ4v) is 2.89. The summed E-state index contributed by atoms with van der Waals surface area (Å²) >= 11 is 6.60. The Kier molecular flexibility index (Phi) is 3.91. The summed E-state index contributed by atoms with van der Waals surface area (Å²) in [7, 11) is 0. The molecule has 6 heteroatoms. The molecule has 1 aromatic carbocycles. The number of carboxylic acids is 1. The van der Waals surface area contributed by atoms with E-state index in [4.69, 9.17) is 9.52 Å². The van der Waals surface area contributed by atoms with Crippen molar-refractivity contribution >= 4 is 54.9 Å². The number of aliphatic carboxylic acids is 1. The van der Waals surface area contributed by atoms with Gasteiger partial charge in [-0.05, 0) is 41.1 Å². The van der Waals surface area contributed by atoms with Gasteiger partial charge in [0.05, 0.1) is 15.4 Å². The van der Waals surface area contributed by atoms with E-state index in [1.165, 1.54) is 19.3 Å². The maximum absolute atomic E-state index is 12.3. The average molecular weight is 388 g/mol. The van der Waals surface area contributed by atoms with Gasteiger partial charge in [0.25, 0.3) is 0 Å². The lowest BCUT2D eigenvalue weighted by atomic mass is 10.1. The second-order valence-corrected chi connectivity index (χ2v) is 5.69. The topological polar surface area (TPSA) is 67.5 Å². The molecule has 0 saturated carbocycles. The fraction of sp³-hybridized carbons (Fsp3) is 0.0769. The molecule has 0 atom stereocenters. The zero-order valence-electron chi connectivity index (χ0n) is 9.74. The van der Waals surface area contributed by atoms with Crippen LogP contribution in [0.2, 0.25) is 0 Å². The summed E-state index contributed by atoms with van der Waals surface area (Å²) in [5.74, 6) is -1.07. The third kappa shape index (κ3) is 2.79. The van der Waals surface area contributed by atoms with Gasteiger partial charge in [-0.15, -0.1) is 0 Å². The lowest BCUT2D eigenvalue weighted by molar-refractivity contribution is -0.132. The Hall–Kier alpha value is -1.40. The first-order valence-electron chi connectivity index (χ1n) is 5.22. The Labute approximate surface area is 125 Å². The van der Waals surface area contributed by atoms with Crippen molar-refractivity contribution in [2.45, 2.75) is 6.92 Å². The molecule has 1 heterocycles. The van der Waals surface area contributed by atoms with Crippen LogP contribution < -0.4 is 5.43 Å². The number of hydrogen-bond donors (Lipinski definition) is 1. The molecule has 4 nitrogen and oxygen atoms in total. The molecule has 2 rings (SSSR count). The number of hydrogen-bond acceptors (Lipinski definition) is 3. The summed E-state index contributed by atoms with van der Waals surface area (Å²) in [6.07, 6.45) is 2.55. The summed E-state index contributed by atoms with van der Waals surface area (Å²) in [4.78, 5) is 23.0. The Bertz CT molecular complexity index is 759. The zero-order valence-corrected chi connectivity index (χ0v) is 12.9. The molecule has 0 saturated heterocycles. The summed E-state index contributed by atoms with van der Waals surface area (Å²) in [5, 5.41) is 9.20. The first-order valence-corrected chi connectivity index (χ1v) is 6.81. The van der Waals surface area contributed by atoms with E-state index in [-0.39, 0.29) is 16.6 Å². The maximum atomic E-state index is 12.3. The van der Waals surface area contributed by atoms with Crippen molar-refractivity contribution in [1.29, 1.82) is 0 Å². The molecule has 2 aromatic rings. The molecule has 0 unspecified atom stereocenters. The molecular weight excluding hydrogens is 380 g/mol. The summed E-state index contributed by atoms with van der Waals surface area (Å²) in [5.41, 5.74) is 0.431. The van der Waals surface area contributed by atoms with Crippen LogP contribution in [0.3, 0.4) is 0 Å². The van der Waals surface area contributed by atoms with E-state index in [0.29, 0.717) is 15.4 Å². The van der Waals surface area contributed by atoms with Crippen molar-refractivity contribution in [1.82, 2.24) is 0 Å². The molecule has 98 valence electrons. The van der Waals surface area contributed by atoms with Gasteiger partial charge in [-0.2, -0.15) is 0 Å². The lowest BCUT2D eigenvalue weighted by Gasteiger charge is -2.02. The van der Waals surface area contributed by atoms with Crippen LogP contribution in [0.1, 0.15) is 12.5 Å². The second kappa shape index (κ2) is 5.30. The third-order valence-electron chi connectivity index (χ3n) is 2.53. The highest BCUT2D eigenvalue weighted by atomic mass is 79.9. The molecule has 0 bridgehead atoms. The van der Waals surface area contributed by atoms with Gasteiger partial charge in [-0.1, -0.05) is 15.9 Å². The average Bonchev–Trinajstić information content (AvgIpc) is 2.33. The fourth-order valence-electron chi connectivity index (χ4n) is 1.57. The summed E-state index contributed by atoms with van der Waals surface area (Å²) < 4.78 is 6.77. The minimum atomic E-state index is -1.07. The van der Waals surface area contributed by atoms with Crippen molar-refractivity contribution in [2.24, 2.45) is 0 Å². The molecule has 0 radical (unpaired) electrons. The lowest BCUT2D eigenvalue weighted by Crippen LogP contribution is -2.06. The van der Waals surface area contributed by atoms with Gasteiger partial charge in [0.1, 0.15) is 6.26 Å². The van der Waals surface area contributed by atoms with Gasteiger partial charge in [-0.25, -0.2) is 4.79 Å². The van der Waals surface area contributed by atoms with Crippen LogP contribution in [0.25, 0.3) is 17.0 Å². The highest BCUT2D eigenvalue weighted by Crippen LogP contribution is 2.27. The van der Waals surface area contributed by atoms with Crippen LogP contribution in [0.4, 0.5) is 0 Å². The molecule has 0 aliphatic heterocycles. The largest absolute Gasteiger partial charge is 0.478 e. The molecule has 0 fully saturated rings. The van der Waals surface area contributed by atoms with E-state index in [9.17, 15) is 9.59 Å². The number of rotatable bonds is 2. The molecule has 0 amide bonds. The standard InChI is InChI=1S/C13H8Br2O4/c1-6(13(17)18)2-7-5-19-12-9(11(7)16)3-8(14)4-10(12)15/h2-5H,1H3,(H,17,18)/b6-2+. The van der Waals surface area contributed by atoms with Gasteiger partial charge < -0.3 is 9.52 Å². The first-order chi connectivity index (χ1) is 8.90. The van der Waals surface area contributed by atoms with E-state index in [1.54, 1.807) is 12.1 Å². The van der Waals surface area contributed by atoms with E-state index in [0.717, 1.165) is 4.47 Å². The first kappa shape index (κ1) is 14.0. The van der Waals surface area contributed by atoms with E-state index < -0.39 is 5.97 Å². The SMILES string of the molecule is C/C(=C\c1coc2c(Br)cc(Br)cc2c1=O)C(=O)O. The van der Waals surface area contributed by atoms with E-state index in [1.807, 2.05) is 0 Å². The number of benzene rings is 1. The number of carboxylic acid groups (broad SMARTS) is 1. The highest BCUT2D eigenvalue weighted by molar-refractivity contribution is 9.11. The Morgan fingerprint density at radius 1 is 1.37 bits per heavy atom. The molecule has 1 N–H and O–H groups in total. The number of halogens is 2. The predicted molar refractivity (Wildman–Crippen MR) is 79.2 cm³/mol. The van der Waals surface area contributed by atoms with Crippen molar-refractivity contribution in [2.75, 3.05) is 0 Å². The zero-order chi connectivity index (χ0) is 14.2. The monoisotopic (exact) mass is 386 g/mol. The van der Waals surface area contributed by atoms with Crippen LogP contribution in [0.15, 0.2) is 42.1 Å². The van der Waals surface area contributed by atoms with Crippen LogP contribution in [-0.2, 0) is 4.79 Å². The van der Waals surface area contributed by atoms with E-state index >= 15 is 0 Å². The van der Waals surface area contributed by atoms with Crippen molar-refractivity contribution in [3.05, 3.63) is 48.7 Å². The molecule has 0 aliphatic rings. The van der Waals surface area contributed by atoms with Crippen LogP contribution in [0.5, 0.6) is 0 Å². The van der Waals surface area contributed by atoms with Gasteiger partial charge in [0, 0.05) is 10.0 Å². The summed E-state index contributed by atoms with van der Waals surface area (Å²) in [6, 6.07) is 3.41. The third-order valence-corrected chi connectivity index (χ3v) is 3.58. The molecular formula is C13H8Br2O4. The molecule has 0 spiro atoms. The van der Waals surface area contributed by atoms with Crippen LogP contribution >= 0.6 is 31.9 Å². The predicted octanol–water partition coefficient (Wildman–Crippen LogP) is 3.81. The Morgan fingerprint density at radius 3 is 2.68 bits per heavy atom. The summed E-state index contributed by atoms with van der Waals surface area (Å²) in [6.45, 7) is 1.42. The van der Waals surface area contributed by atoms with Crippen molar-refractivity contribution in [3.8, 4) is 0 Å². The maximum Gasteiger partial charge on any atom is 0.331 e. The van der Waals surface area contributed by atoms with Crippen molar-refractivity contribution < 1.29 is 14.3 Å². The van der Waals surface area contributed by atoms with E-state index in [2.05, 4.69) is 31.9 Å². The van der Waals surface area contributed by atoms with Gasteiger partial charge in [-0.3, -0.25) is 4.79 Å². The quantitative estimate of drug-likeness (QED) is 0.795. The minimum Gasteiger partial charge on any atom is -0.478 e. The van der Waals surface area contributed by atoms with Crippen LogP contribution in [0, 0.1) is 0 Å². The highest BCUT2D eigenvalue weighted by Gasteiger charge is 2.10. The van der Waals surface area contributed by atoms with Crippen molar-refractivity contribution in [3.63, 3.8) is 0 Å². The van der Waals surface area contributed by atoms with Gasteiger partial charge in [0.15, 0.2) is 11.0 Å². The van der Waals surface area contributed by atoms with Crippen LogP contribution in [-0.4, -0.2) is 11.1 Å².